The molecule has 2 aromatic carbocycles. The number of benzene rings is 2. The lowest BCUT2D eigenvalue weighted by molar-refractivity contribution is -0.124. The molecule has 0 aliphatic heterocycles. The SMILES string of the molecule is COc1ccccc1C(C)NC(=O)COC(=O)c1ccc(NC(=O)OC(C)(C)C)cc1. The fourth-order valence-corrected chi connectivity index (χ4v) is 2.71. The van der Waals surface area contributed by atoms with Crippen LogP contribution in [0.4, 0.5) is 10.5 Å². The lowest BCUT2D eigenvalue weighted by Gasteiger charge is -2.19. The van der Waals surface area contributed by atoms with Crippen LogP contribution in [0.5, 0.6) is 5.75 Å². The number of carbonyl (C=O) groups is 3. The van der Waals surface area contributed by atoms with Gasteiger partial charge in [0.1, 0.15) is 11.4 Å². The molecule has 0 radical (unpaired) electrons. The van der Waals surface area contributed by atoms with Crippen molar-refractivity contribution in [3.63, 3.8) is 0 Å². The van der Waals surface area contributed by atoms with Crippen molar-refractivity contribution in [2.24, 2.45) is 0 Å². The molecule has 0 spiro atoms. The van der Waals surface area contributed by atoms with Crippen LogP contribution in [0, 0.1) is 0 Å². The van der Waals surface area contributed by atoms with E-state index in [9.17, 15) is 14.4 Å². The van der Waals surface area contributed by atoms with Crippen LogP contribution in [0.1, 0.15) is 49.7 Å². The van der Waals surface area contributed by atoms with E-state index >= 15 is 0 Å². The molecule has 1 atom stereocenters. The fourth-order valence-electron chi connectivity index (χ4n) is 2.71. The Kier molecular flexibility index (Phi) is 8.01. The van der Waals surface area contributed by atoms with Crippen LogP contribution in [0.15, 0.2) is 48.5 Å². The maximum absolute atomic E-state index is 12.2. The van der Waals surface area contributed by atoms with Gasteiger partial charge >= 0.3 is 12.1 Å². The predicted octanol–water partition coefficient (Wildman–Crippen LogP) is 4.08. The van der Waals surface area contributed by atoms with E-state index in [1.807, 2.05) is 25.1 Å². The third kappa shape index (κ3) is 7.65. The summed E-state index contributed by atoms with van der Waals surface area (Å²) in [4.78, 5) is 36.1. The number of hydrogen-bond acceptors (Lipinski definition) is 6. The standard InChI is InChI=1S/C23H28N2O6/c1-15(18-8-6-7-9-19(18)29-5)24-20(26)14-30-21(27)16-10-12-17(13-11-16)25-22(28)31-23(2,3)4/h6-13,15H,14H2,1-5H3,(H,24,26)(H,25,28). The van der Waals surface area contributed by atoms with Gasteiger partial charge in [-0.05, 0) is 58.0 Å². The van der Waals surface area contributed by atoms with Gasteiger partial charge in [0.05, 0.1) is 18.7 Å². The summed E-state index contributed by atoms with van der Waals surface area (Å²) in [7, 11) is 1.56. The summed E-state index contributed by atoms with van der Waals surface area (Å²) in [5.74, 6) is -0.425. The van der Waals surface area contributed by atoms with Crippen LogP contribution in [-0.4, -0.2) is 37.3 Å². The molecule has 31 heavy (non-hydrogen) atoms. The number of nitrogens with one attached hydrogen (secondary N) is 2. The smallest absolute Gasteiger partial charge is 0.412 e. The van der Waals surface area contributed by atoms with Gasteiger partial charge in [0.2, 0.25) is 0 Å². The van der Waals surface area contributed by atoms with Crippen molar-refractivity contribution >= 4 is 23.7 Å². The van der Waals surface area contributed by atoms with Gasteiger partial charge in [-0.2, -0.15) is 0 Å². The van der Waals surface area contributed by atoms with Crippen LogP contribution >= 0.6 is 0 Å². The van der Waals surface area contributed by atoms with E-state index < -0.39 is 30.2 Å². The Morgan fingerprint density at radius 1 is 1.00 bits per heavy atom. The Balaban J connectivity index is 1.85. The van der Waals surface area contributed by atoms with Crippen molar-refractivity contribution in [1.29, 1.82) is 0 Å². The number of anilines is 1. The molecule has 2 aromatic rings. The minimum atomic E-state index is -0.649. The number of hydrogen-bond donors (Lipinski definition) is 2. The lowest BCUT2D eigenvalue weighted by Crippen LogP contribution is -2.31. The quantitative estimate of drug-likeness (QED) is 0.644. The molecular formula is C23H28N2O6. The summed E-state index contributed by atoms with van der Waals surface area (Å²) in [5.41, 5.74) is 0.921. The summed E-state index contributed by atoms with van der Waals surface area (Å²) in [6.07, 6.45) is -0.594. The normalized spacial score (nSPS) is 11.8. The zero-order chi connectivity index (χ0) is 23.0. The number of ether oxygens (including phenoxy) is 3. The van der Waals surface area contributed by atoms with Gasteiger partial charge in [-0.25, -0.2) is 9.59 Å². The highest BCUT2D eigenvalue weighted by Crippen LogP contribution is 2.24. The lowest BCUT2D eigenvalue weighted by atomic mass is 10.1. The molecule has 0 saturated heterocycles. The molecule has 0 fully saturated rings. The molecule has 1 unspecified atom stereocenters. The van der Waals surface area contributed by atoms with E-state index in [0.717, 1.165) is 5.56 Å². The van der Waals surface area contributed by atoms with E-state index in [1.54, 1.807) is 46.1 Å². The first-order valence-electron chi connectivity index (χ1n) is 9.78. The van der Waals surface area contributed by atoms with E-state index in [2.05, 4.69) is 10.6 Å². The highest BCUT2D eigenvalue weighted by atomic mass is 16.6. The highest BCUT2D eigenvalue weighted by molar-refractivity contribution is 5.92. The fraction of sp³-hybridized carbons (Fsp3) is 0.348. The third-order valence-corrected chi connectivity index (χ3v) is 4.08. The number of amides is 2. The first kappa shape index (κ1) is 23.7. The molecular weight excluding hydrogens is 400 g/mol. The highest BCUT2D eigenvalue weighted by Gasteiger charge is 2.17. The summed E-state index contributed by atoms with van der Waals surface area (Å²) >= 11 is 0. The predicted molar refractivity (Wildman–Crippen MR) is 116 cm³/mol. The Morgan fingerprint density at radius 3 is 2.26 bits per heavy atom. The average molecular weight is 428 g/mol. The van der Waals surface area contributed by atoms with Gasteiger partial charge in [-0.15, -0.1) is 0 Å². The molecule has 2 N–H and O–H groups in total. The zero-order valence-corrected chi connectivity index (χ0v) is 18.4. The van der Waals surface area contributed by atoms with Gasteiger partial charge in [-0.3, -0.25) is 10.1 Å². The van der Waals surface area contributed by atoms with Crippen molar-refractivity contribution < 1.29 is 28.6 Å². The van der Waals surface area contributed by atoms with Crippen molar-refractivity contribution in [3.8, 4) is 5.75 Å². The maximum Gasteiger partial charge on any atom is 0.412 e. The number of carbonyl (C=O) groups excluding carboxylic acids is 3. The second-order valence-electron chi connectivity index (χ2n) is 7.81. The molecule has 0 heterocycles. The van der Waals surface area contributed by atoms with Crippen LogP contribution in [0.2, 0.25) is 0 Å². The Labute approximate surface area is 181 Å². The molecule has 2 amide bonds. The molecule has 0 aliphatic carbocycles. The van der Waals surface area contributed by atoms with E-state index in [1.165, 1.54) is 12.1 Å². The first-order chi connectivity index (χ1) is 14.6. The summed E-state index contributed by atoms with van der Waals surface area (Å²) in [6, 6.07) is 13.1. The molecule has 0 aromatic heterocycles. The second-order valence-corrected chi connectivity index (χ2v) is 7.81. The first-order valence-corrected chi connectivity index (χ1v) is 9.78. The Morgan fingerprint density at radius 2 is 1.65 bits per heavy atom. The Bertz CT molecular complexity index is 918. The van der Waals surface area contributed by atoms with Crippen molar-refractivity contribution in [2.45, 2.75) is 39.3 Å². The van der Waals surface area contributed by atoms with E-state index in [0.29, 0.717) is 11.4 Å². The summed E-state index contributed by atoms with van der Waals surface area (Å²) < 4.78 is 15.5. The summed E-state index contributed by atoms with van der Waals surface area (Å²) in [5, 5.41) is 5.34. The van der Waals surface area contributed by atoms with E-state index in [4.69, 9.17) is 14.2 Å². The number of methoxy groups -OCH3 is 1. The minimum absolute atomic E-state index is 0.250. The van der Waals surface area contributed by atoms with Crippen LogP contribution in [0.3, 0.4) is 0 Å². The monoisotopic (exact) mass is 428 g/mol. The largest absolute Gasteiger partial charge is 0.496 e. The third-order valence-electron chi connectivity index (χ3n) is 4.08. The molecule has 0 saturated carbocycles. The van der Waals surface area contributed by atoms with Crippen LogP contribution < -0.4 is 15.4 Å². The summed E-state index contributed by atoms with van der Waals surface area (Å²) in [6.45, 7) is 6.68. The van der Waals surface area contributed by atoms with E-state index in [-0.39, 0.29) is 11.6 Å². The number of esters is 1. The van der Waals surface area contributed by atoms with Crippen molar-refractivity contribution in [1.82, 2.24) is 5.32 Å². The van der Waals surface area contributed by atoms with Gasteiger partial charge in [0.25, 0.3) is 5.91 Å². The number of rotatable bonds is 7. The van der Waals surface area contributed by atoms with Gasteiger partial charge in [0, 0.05) is 11.3 Å². The number of para-hydroxylation sites is 1. The minimum Gasteiger partial charge on any atom is -0.496 e. The van der Waals surface area contributed by atoms with Gasteiger partial charge in [0.15, 0.2) is 6.61 Å². The Hall–Kier alpha value is -3.55. The van der Waals surface area contributed by atoms with Gasteiger partial charge < -0.3 is 19.5 Å². The molecule has 0 bridgehead atoms. The van der Waals surface area contributed by atoms with Crippen molar-refractivity contribution in [3.05, 3.63) is 59.7 Å². The topological polar surface area (TPSA) is 103 Å². The molecule has 8 nitrogen and oxygen atoms in total. The maximum atomic E-state index is 12.2. The zero-order valence-electron chi connectivity index (χ0n) is 18.4. The van der Waals surface area contributed by atoms with Crippen LogP contribution in [-0.2, 0) is 14.3 Å². The van der Waals surface area contributed by atoms with Gasteiger partial charge in [-0.1, -0.05) is 18.2 Å². The molecule has 166 valence electrons. The second kappa shape index (κ2) is 10.5. The average Bonchev–Trinajstić information content (AvgIpc) is 2.71. The molecule has 8 heteroatoms. The molecule has 2 rings (SSSR count). The van der Waals surface area contributed by atoms with Crippen molar-refractivity contribution in [2.75, 3.05) is 19.0 Å². The molecule has 0 aliphatic rings. The van der Waals surface area contributed by atoms with Crippen LogP contribution in [0.25, 0.3) is 0 Å².